The lowest BCUT2D eigenvalue weighted by Gasteiger charge is -2.19. The highest BCUT2D eigenvalue weighted by molar-refractivity contribution is 6.02. The third-order valence-electron chi connectivity index (χ3n) is 1.96. The van der Waals surface area contributed by atoms with Gasteiger partial charge in [0.15, 0.2) is 5.41 Å². The van der Waals surface area contributed by atoms with Crippen molar-refractivity contribution in [2.24, 2.45) is 5.41 Å². The molecule has 0 fully saturated rings. The monoisotopic (exact) mass is 230 g/mol. The average molecular weight is 230 g/mol. The molecule has 5 nitrogen and oxygen atoms in total. The quantitative estimate of drug-likeness (QED) is 0.528. The zero-order valence-electron chi connectivity index (χ0n) is 10.2. The molecule has 0 radical (unpaired) electrons. The number of esters is 3. The third kappa shape index (κ3) is 4.00. The Bertz CT molecular complexity index is 280. The van der Waals surface area contributed by atoms with E-state index >= 15 is 0 Å². The van der Waals surface area contributed by atoms with Crippen LogP contribution in [0.2, 0.25) is 0 Å². The lowest BCUT2D eigenvalue weighted by Crippen LogP contribution is -2.37. The second kappa shape index (κ2) is 6.25. The van der Waals surface area contributed by atoms with E-state index in [1.165, 1.54) is 13.8 Å². The lowest BCUT2D eigenvalue weighted by atomic mass is 9.94. The molecular formula is C11H18O5. The second-order valence-electron chi connectivity index (χ2n) is 3.86. The van der Waals surface area contributed by atoms with Gasteiger partial charge in [-0.05, 0) is 27.2 Å². The van der Waals surface area contributed by atoms with Gasteiger partial charge in [0.2, 0.25) is 0 Å². The Labute approximate surface area is 95.1 Å². The maximum Gasteiger partial charge on any atom is 0.330 e. The van der Waals surface area contributed by atoms with Crippen LogP contribution in [0.1, 0.15) is 40.5 Å². The van der Waals surface area contributed by atoms with Crippen LogP contribution >= 0.6 is 0 Å². The normalized spacial score (nSPS) is 10.8. The van der Waals surface area contributed by atoms with Crippen molar-refractivity contribution in [1.82, 2.24) is 0 Å². The van der Waals surface area contributed by atoms with Crippen molar-refractivity contribution in [3.63, 3.8) is 0 Å². The summed E-state index contributed by atoms with van der Waals surface area (Å²) >= 11 is 0. The summed E-state index contributed by atoms with van der Waals surface area (Å²) in [6.07, 6.45) is 0.747. The Kier molecular flexibility index (Phi) is 5.71. The standard InChI is InChI=1S/C11H18O5/c1-5-7-8(12)16-10(14)11(3,4)9(13)15-6-2/h5-7H2,1-4H3. The molecule has 0 spiro atoms. The molecule has 0 amide bonds. The van der Waals surface area contributed by atoms with E-state index in [4.69, 9.17) is 4.74 Å². The van der Waals surface area contributed by atoms with Crippen molar-refractivity contribution >= 4 is 17.9 Å². The molecule has 0 N–H and O–H groups in total. The van der Waals surface area contributed by atoms with Crippen LogP contribution < -0.4 is 0 Å². The van der Waals surface area contributed by atoms with Gasteiger partial charge in [-0.2, -0.15) is 0 Å². The lowest BCUT2D eigenvalue weighted by molar-refractivity contribution is -0.174. The maximum absolute atomic E-state index is 11.5. The molecule has 0 unspecified atom stereocenters. The minimum atomic E-state index is -1.45. The van der Waals surface area contributed by atoms with E-state index in [9.17, 15) is 14.4 Å². The van der Waals surface area contributed by atoms with E-state index in [2.05, 4.69) is 4.74 Å². The van der Waals surface area contributed by atoms with Crippen LogP contribution in [-0.2, 0) is 23.9 Å². The zero-order valence-corrected chi connectivity index (χ0v) is 10.2. The summed E-state index contributed by atoms with van der Waals surface area (Å²) in [6, 6.07) is 0. The molecule has 0 saturated heterocycles. The van der Waals surface area contributed by atoms with Gasteiger partial charge in [-0.3, -0.25) is 14.4 Å². The zero-order chi connectivity index (χ0) is 12.8. The Morgan fingerprint density at radius 1 is 1.06 bits per heavy atom. The van der Waals surface area contributed by atoms with Gasteiger partial charge in [0, 0.05) is 6.42 Å². The Morgan fingerprint density at radius 3 is 2.06 bits per heavy atom. The van der Waals surface area contributed by atoms with Gasteiger partial charge in [0.1, 0.15) is 0 Å². The molecule has 0 bridgehead atoms. The van der Waals surface area contributed by atoms with E-state index < -0.39 is 23.3 Å². The summed E-state index contributed by atoms with van der Waals surface area (Å²) in [4.78, 5) is 34.0. The van der Waals surface area contributed by atoms with Gasteiger partial charge in [-0.1, -0.05) is 6.92 Å². The molecule has 0 aliphatic heterocycles. The minimum Gasteiger partial charge on any atom is -0.465 e. The van der Waals surface area contributed by atoms with Gasteiger partial charge in [0.25, 0.3) is 0 Å². The molecule has 16 heavy (non-hydrogen) atoms. The Hall–Kier alpha value is -1.39. The molecule has 0 heterocycles. The minimum absolute atomic E-state index is 0.157. The number of rotatable bonds is 5. The van der Waals surface area contributed by atoms with Crippen molar-refractivity contribution < 1.29 is 23.9 Å². The number of carbonyl (C=O) groups is 3. The van der Waals surface area contributed by atoms with Crippen LogP contribution in [0.5, 0.6) is 0 Å². The molecule has 5 heteroatoms. The molecule has 0 saturated carbocycles. The molecule has 0 aliphatic carbocycles. The van der Waals surface area contributed by atoms with Crippen molar-refractivity contribution in [3.8, 4) is 0 Å². The van der Waals surface area contributed by atoms with Gasteiger partial charge in [0.05, 0.1) is 6.61 Å². The SMILES string of the molecule is CCCC(=O)OC(=O)C(C)(C)C(=O)OCC. The average Bonchev–Trinajstić information content (AvgIpc) is 2.18. The maximum atomic E-state index is 11.5. The van der Waals surface area contributed by atoms with Crippen molar-refractivity contribution in [2.75, 3.05) is 6.61 Å². The number of hydrogen-bond acceptors (Lipinski definition) is 5. The predicted molar refractivity (Wildman–Crippen MR) is 56.4 cm³/mol. The van der Waals surface area contributed by atoms with Gasteiger partial charge >= 0.3 is 17.9 Å². The molecule has 0 aromatic heterocycles. The Balaban J connectivity index is 4.46. The fourth-order valence-electron chi connectivity index (χ4n) is 0.881. The fourth-order valence-corrected chi connectivity index (χ4v) is 0.881. The van der Waals surface area contributed by atoms with Crippen LogP contribution in [0.3, 0.4) is 0 Å². The van der Waals surface area contributed by atoms with Crippen molar-refractivity contribution in [3.05, 3.63) is 0 Å². The number of ether oxygens (including phenoxy) is 2. The molecule has 0 atom stereocenters. The van der Waals surface area contributed by atoms with Crippen LogP contribution in [0, 0.1) is 5.41 Å². The molecular weight excluding hydrogens is 212 g/mol. The number of carbonyl (C=O) groups excluding carboxylic acids is 3. The van der Waals surface area contributed by atoms with Crippen LogP contribution in [0.15, 0.2) is 0 Å². The highest BCUT2D eigenvalue weighted by Gasteiger charge is 2.40. The molecule has 0 aromatic rings. The van der Waals surface area contributed by atoms with Crippen molar-refractivity contribution in [2.45, 2.75) is 40.5 Å². The summed E-state index contributed by atoms with van der Waals surface area (Å²) < 4.78 is 9.26. The van der Waals surface area contributed by atoms with E-state index in [1.807, 2.05) is 0 Å². The van der Waals surface area contributed by atoms with E-state index in [-0.39, 0.29) is 13.0 Å². The van der Waals surface area contributed by atoms with Crippen LogP contribution in [0.25, 0.3) is 0 Å². The first-order chi connectivity index (χ1) is 7.36. The molecule has 0 aliphatic rings. The van der Waals surface area contributed by atoms with E-state index in [0.29, 0.717) is 6.42 Å². The third-order valence-corrected chi connectivity index (χ3v) is 1.96. The summed E-state index contributed by atoms with van der Waals surface area (Å²) in [6.45, 7) is 6.35. The first-order valence-electron chi connectivity index (χ1n) is 5.28. The molecule has 0 aromatic carbocycles. The topological polar surface area (TPSA) is 69.7 Å². The summed E-state index contributed by atoms with van der Waals surface area (Å²) in [7, 11) is 0. The van der Waals surface area contributed by atoms with Gasteiger partial charge in [-0.25, -0.2) is 0 Å². The van der Waals surface area contributed by atoms with Crippen LogP contribution in [0.4, 0.5) is 0 Å². The fraction of sp³-hybridized carbons (Fsp3) is 0.727. The molecule has 92 valence electrons. The van der Waals surface area contributed by atoms with Crippen molar-refractivity contribution in [1.29, 1.82) is 0 Å². The molecule has 0 rings (SSSR count). The number of hydrogen-bond donors (Lipinski definition) is 0. The Morgan fingerprint density at radius 2 is 1.62 bits per heavy atom. The van der Waals surface area contributed by atoms with Crippen LogP contribution in [-0.4, -0.2) is 24.5 Å². The summed E-state index contributed by atoms with van der Waals surface area (Å²) in [5.74, 6) is -2.18. The van der Waals surface area contributed by atoms with E-state index in [0.717, 1.165) is 0 Å². The second-order valence-corrected chi connectivity index (χ2v) is 3.86. The first kappa shape index (κ1) is 14.6. The summed E-state index contributed by atoms with van der Waals surface area (Å²) in [5.41, 5.74) is -1.45. The highest BCUT2D eigenvalue weighted by Crippen LogP contribution is 2.20. The van der Waals surface area contributed by atoms with Gasteiger partial charge < -0.3 is 9.47 Å². The summed E-state index contributed by atoms with van der Waals surface area (Å²) in [5, 5.41) is 0. The van der Waals surface area contributed by atoms with E-state index in [1.54, 1.807) is 13.8 Å². The highest BCUT2D eigenvalue weighted by atomic mass is 16.6. The predicted octanol–water partition coefficient (Wildman–Crippen LogP) is 1.45. The van der Waals surface area contributed by atoms with Gasteiger partial charge in [-0.15, -0.1) is 0 Å². The first-order valence-corrected chi connectivity index (χ1v) is 5.28. The largest absolute Gasteiger partial charge is 0.465 e. The smallest absolute Gasteiger partial charge is 0.330 e.